The van der Waals surface area contributed by atoms with E-state index in [0.29, 0.717) is 10.8 Å². The van der Waals surface area contributed by atoms with Gasteiger partial charge in [-0.15, -0.1) is 0 Å². The molecule has 1 unspecified atom stereocenters. The van der Waals surface area contributed by atoms with Crippen LogP contribution in [0.3, 0.4) is 0 Å². The van der Waals surface area contributed by atoms with Crippen molar-refractivity contribution in [2.75, 3.05) is 6.54 Å². The lowest BCUT2D eigenvalue weighted by molar-refractivity contribution is -0.114. The van der Waals surface area contributed by atoms with Crippen LogP contribution in [-0.2, 0) is 0 Å². The molecule has 0 aromatic heterocycles. The van der Waals surface area contributed by atoms with E-state index >= 15 is 0 Å². The summed E-state index contributed by atoms with van der Waals surface area (Å²) in [5.41, 5.74) is 7.15. The van der Waals surface area contributed by atoms with Gasteiger partial charge in [-0.3, -0.25) is 0 Å². The van der Waals surface area contributed by atoms with E-state index in [2.05, 4.69) is 20.8 Å². The third kappa shape index (κ3) is 2.82. The van der Waals surface area contributed by atoms with E-state index in [4.69, 9.17) is 5.73 Å². The van der Waals surface area contributed by atoms with E-state index in [-0.39, 0.29) is 0 Å². The fourth-order valence-electron chi connectivity index (χ4n) is 8.91. The first-order valence-corrected chi connectivity index (χ1v) is 11.7. The molecule has 1 heteroatoms. The Labute approximate surface area is 156 Å². The Balaban J connectivity index is 1.53. The van der Waals surface area contributed by atoms with Crippen LogP contribution in [0.1, 0.15) is 97.8 Å². The summed E-state index contributed by atoms with van der Waals surface area (Å²) in [6.45, 7) is 8.84. The van der Waals surface area contributed by atoms with E-state index in [1.54, 1.807) is 32.1 Å². The molecule has 0 amide bonds. The van der Waals surface area contributed by atoms with Gasteiger partial charge in [-0.05, 0) is 117 Å². The zero-order valence-electron chi connectivity index (χ0n) is 17.2. The van der Waals surface area contributed by atoms with Gasteiger partial charge in [-0.25, -0.2) is 0 Å². The zero-order valence-corrected chi connectivity index (χ0v) is 17.2. The molecule has 0 bridgehead atoms. The van der Waals surface area contributed by atoms with Crippen LogP contribution in [0.25, 0.3) is 0 Å². The van der Waals surface area contributed by atoms with Crippen LogP contribution in [-0.4, -0.2) is 6.54 Å². The molecule has 4 saturated carbocycles. The van der Waals surface area contributed by atoms with E-state index in [9.17, 15) is 0 Å². The molecule has 0 heterocycles. The Morgan fingerprint density at radius 1 is 0.880 bits per heavy atom. The molecule has 4 rings (SSSR count). The van der Waals surface area contributed by atoms with Crippen molar-refractivity contribution < 1.29 is 0 Å². The quantitative estimate of drug-likeness (QED) is 0.626. The number of fused-ring (bicyclic) bond motifs is 5. The normalized spacial score (nSPS) is 50.6. The van der Waals surface area contributed by atoms with Crippen molar-refractivity contribution in [2.45, 2.75) is 97.8 Å². The molecule has 25 heavy (non-hydrogen) atoms. The average Bonchev–Trinajstić information content (AvgIpc) is 2.96. The minimum absolute atomic E-state index is 0.646. The van der Waals surface area contributed by atoms with Gasteiger partial charge in [0.05, 0.1) is 0 Å². The van der Waals surface area contributed by atoms with Gasteiger partial charge in [0.2, 0.25) is 0 Å². The first kappa shape index (κ1) is 18.3. The SMILES string of the molecule is C[C@H](CCCN)[C@H]1CC[C@H]2[C@@H]3CCC4CCCC[C@]4(C)[C@H]3CC[C@]12C. The molecule has 1 nitrogen and oxygen atoms in total. The highest BCUT2D eigenvalue weighted by Crippen LogP contribution is 2.68. The summed E-state index contributed by atoms with van der Waals surface area (Å²) in [4.78, 5) is 0. The number of nitrogens with two attached hydrogens (primary N) is 1. The first-order chi connectivity index (χ1) is 12.0. The van der Waals surface area contributed by atoms with Gasteiger partial charge < -0.3 is 5.73 Å². The monoisotopic (exact) mass is 345 g/mol. The largest absolute Gasteiger partial charge is 0.330 e. The zero-order chi connectivity index (χ0) is 17.7. The maximum atomic E-state index is 5.80. The lowest BCUT2D eigenvalue weighted by Crippen LogP contribution is -2.53. The molecule has 0 spiro atoms. The fraction of sp³-hybridized carbons (Fsp3) is 1.00. The Morgan fingerprint density at radius 2 is 1.68 bits per heavy atom. The lowest BCUT2D eigenvalue weighted by Gasteiger charge is -2.61. The van der Waals surface area contributed by atoms with Gasteiger partial charge in [-0.1, -0.05) is 33.6 Å². The van der Waals surface area contributed by atoms with Crippen LogP contribution in [0.5, 0.6) is 0 Å². The van der Waals surface area contributed by atoms with E-state index in [1.165, 1.54) is 44.9 Å². The molecule has 2 N–H and O–H groups in total. The predicted octanol–water partition coefficient (Wildman–Crippen LogP) is 6.41. The van der Waals surface area contributed by atoms with Crippen molar-refractivity contribution in [1.29, 1.82) is 0 Å². The van der Waals surface area contributed by atoms with Crippen LogP contribution in [0.2, 0.25) is 0 Å². The summed E-state index contributed by atoms with van der Waals surface area (Å²) in [5.74, 6) is 6.08. The summed E-state index contributed by atoms with van der Waals surface area (Å²) in [5, 5.41) is 0. The van der Waals surface area contributed by atoms with Gasteiger partial charge in [-0.2, -0.15) is 0 Å². The summed E-state index contributed by atoms with van der Waals surface area (Å²) < 4.78 is 0. The van der Waals surface area contributed by atoms with Crippen LogP contribution in [0, 0.1) is 46.3 Å². The third-order valence-corrected chi connectivity index (χ3v) is 10.2. The molecule has 8 atom stereocenters. The minimum atomic E-state index is 0.646. The van der Waals surface area contributed by atoms with Crippen molar-refractivity contribution in [3.63, 3.8) is 0 Å². The lowest BCUT2D eigenvalue weighted by atomic mass is 9.44. The van der Waals surface area contributed by atoms with Crippen molar-refractivity contribution in [3.05, 3.63) is 0 Å². The van der Waals surface area contributed by atoms with Crippen LogP contribution < -0.4 is 5.73 Å². The molecule has 0 radical (unpaired) electrons. The van der Waals surface area contributed by atoms with Gasteiger partial charge in [0.15, 0.2) is 0 Å². The number of hydrogen-bond acceptors (Lipinski definition) is 1. The molecular formula is C24H43N. The molecule has 0 aliphatic heterocycles. The predicted molar refractivity (Wildman–Crippen MR) is 107 cm³/mol. The van der Waals surface area contributed by atoms with Crippen LogP contribution >= 0.6 is 0 Å². The Hall–Kier alpha value is -0.0400. The van der Waals surface area contributed by atoms with E-state index in [0.717, 1.165) is 42.1 Å². The summed E-state index contributed by atoms with van der Waals surface area (Å²) in [7, 11) is 0. The molecule has 4 aliphatic rings. The van der Waals surface area contributed by atoms with E-state index < -0.39 is 0 Å². The molecule has 4 aliphatic carbocycles. The molecule has 0 saturated heterocycles. The Morgan fingerprint density at radius 3 is 2.48 bits per heavy atom. The second-order valence-electron chi connectivity index (χ2n) is 11.0. The van der Waals surface area contributed by atoms with Gasteiger partial charge >= 0.3 is 0 Å². The number of rotatable bonds is 4. The van der Waals surface area contributed by atoms with E-state index in [1.807, 2.05) is 0 Å². The maximum Gasteiger partial charge on any atom is -0.00772 e. The highest BCUT2D eigenvalue weighted by atomic mass is 14.6. The standard InChI is InChI=1S/C24H43N/c1-17(7-6-16-25)20-11-12-21-19-10-9-18-8-4-5-14-23(18,2)22(19)13-15-24(20,21)3/h17-22H,4-16,25H2,1-3H3/t17-,18?,19+,20-,21+,22+,23+,24-/m1/s1. The van der Waals surface area contributed by atoms with Crippen LogP contribution in [0.15, 0.2) is 0 Å². The first-order valence-electron chi connectivity index (χ1n) is 11.7. The Bertz CT molecular complexity index is 473. The smallest absolute Gasteiger partial charge is 0.00772 e. The second kappa shape index (κ2) is 6.84. The van der Waals surface area contributed by atoms with Gasteiger partial charge in [0.1, 0.15) is 0 Å². The van der Waals surface area contributed by atoms with Crippen molar-refractivity contribution >= 4 is 0 Å². The van der Waals surface area contributed by atoms with Gasteiger partial charge in [0.25, 0.3) is 0 Å². The fourth-order valence-corrected chi connectivity index (χ4v) is 8.91. The maximum absolute atomic E-state index is 5.80. The average molecular weight is 346 g/mol. The molecule has 144 valence electrons. The highest BCUT2D eigenvalue weighted by molar-refractivity contribution is 5.09. The minimum Gasteiger partial charge on any atom is -0.330 e. The Kier molecular flexibility index (Phi) is 5.02. The third-order valence-electron chi connectivity index (χ3n) is 10.2. The summed E-state index contributed by atoms with van der Waals surface area (Å²) >= 11 is 0. The van der Waals surface area contributed by atoms with Crippen molar-refractivity contribution in [3.8, 4) is 0 Å². The molecular weight excluding hydrogens is 302 g/mol. The second-order valence-corrected chi connectivity index (χ2v) is 11.0. The molecule has 0 aromatic rings. The summed E-state index contributed by atoms with van der Waals surface area (Å²) in [6.07, 6.45) is 17.9. The van der Waals surface area contributed by atoms with Gasteiger partial charge in [0, 0.05) is 0 Å². The van der Waals surface area contributed by atoms with Crippen LogP contribution in [0.4, 0.5) is 0 Å². The molecule has 0 aromatic carbocycles. The highest BCUT2D eigenvalue weighted by Gasteiger charge is 2.59. The summed E-state index contributed by atoms with van der Waals surface area (Å²) in [6, 6.07) is 0. The number of hydrogen-bond donors (Lipinski definition) is 1. The van der Waals surface area contributed by atoms with Crippen molar-refractivity contribution in [2.24, 2.45) is 52.1 Å². The molecule has 4 fully saturated rings. The van der Waals surface area contributed by atoms with Crippen molar-refractivity contribution in [1.82, 2.24) is 0 Å². The topological polar surface area (TPSA) is 26.0 Å².